The van der Waals surface area contributed by atoms with Crippen LogP contribution in [0.4, 0.5) is 0 Å². The molecule has 1 aromatic carbocycles. The summed E-state index contributed by atoms with van der Waals surface area (Å²) < 4.78 is 12.0. The first kappa shape index (κ1) is 19.9. The van der Waals surface area contributed by atoms with E-state index in [9.17, 15) is 9.59 Å². The van der Waals surface area contributed by atoms with Crippen molar-refractivity contribution >= 4 is 5.91 Å². The minimum atomic E-state index is -0.122. The molecule has 0 aliphatic carbocycles. The molecule has 156 valence electrons. The SMILES string of the molecule is COc1ccc(CC(=O)N2CCC(Cn3nc(-c4ccco4)ccc3=O)CC2)cc1. The summed E-state index contributed by atoms with van der Waals surface area (Å²) in [6, 6.07) is 14.4. The van der Waals surface area contributed by atoms with E-state index in [-0.39, 0.29) is 11.5 Å². The van der Waals surface area contributed by atoms with Gasteiger partial charge in [0.15, 0.2) is 5.76 Å². The zero-order chi connectivity index (χ0) is 20.9. The Balaban J connectivity index is 1.33. The van der Waals surface area contributed by atoms with Crippen LogP contribution < -0.4 is 10.3 Å². The predicted molar refractivity (Wildman–Crippen MR) is 112 cm³/mol. The number of benzene rings is 1. The van der Waals surface area contributed by atoms with Crippen LogP contribution in [0.2, 0.25) is 0 Å². The Morgan fingerprint density at radius 1 is 1.13 bits per heavy atom. The second-order valence-electron chi connectivity index (χ2n) is 7.57. The van der Waals surface area contributed by atoms with Crippen LogP contribution in [-0.2, 0) is 17.8 Å². The van der Waals surface area contributed by atoms with E-state index >= 15 is 0 Å². The molecule has 2 aromatic heterocycles. The summed E-state index contributed by atoms with van der Waals surface area (Å²) in [6.45, 7) is 1.95. The zero-order valence-corrected chi connectivity index (χ0v) is 17.0. The molecule has 0 N–H and O–H groups in total. The molecule has 3 aromatic rings. The van der Waals surface area contributed by atoms with Gasteiger partial charge in [-0.1, -0.05) is 12.1 Å². The van der Waals surface area contributed by atoms with Crippen molar-refractivity contribution in [2.24, 2.45) is 5.92 Å². The minimum Gasteiger partial charge on any atom is -0.497 e. The van der Waals surface area contributed by atoms with Crippen molar-refractivity contribution in [2.45, 2.75) is 25.8 Å². The van der Waals surface area contributed by atoms with Crippen molar-refractivity contribution in [3.8, 4) is 17.2 Å². The van der Waals surface area contributed by atoms with Gasteiger partial charge >= 0.3 is 0 Å². The van der Waals surface area contributed by atoms with Crippen molar-refractivity contribution in [3.05, 3.63) is 70.7 Å². The van der Waals surface area contributed by atoms with Gasteiger partial charge in [-0.15, -0.1) is 0 Å². The summed E-state index contributed by atoms with van der Waals surface area (Å²) >= 11 is 0. The number of rotatable bonds is 6. The molecule has 30 heavy (non-hydrogen) atoms. The topological polar surface area (TPSA) is 77.6 Å². The summed E-state index contributed by atoms with van der Waals surface area (Å²) in [5.74, 6) is 1.87. The number of furan rings is 1. The Kier molecular flexibility index (Phi) is 5.97. The van der Waals surface area contributed by atoms with E-state index in [2.05, 4.69) is 5.10 Å². The van der Waals surface area contributed by atoms with Crippen LogP contribution in [0.25, 0.3) is 11.5 Å². The maximum absolute atomic E-state index is 12.6. The van der Waals surface area contributed by atoms with E-state index in [1.807, 2.05) is 35.2 Å². The average Bonchev–Trinajstić information content (AvgIpc) is 3.31. The molecule has 0 atom stereocenters. The number of ether oxygens (including phenoxy) is 1. The van der Waals surface area contributed by atoms with E-state index in [0.717, 1.165) is 24.2 Å². The molecular weight excluding hydrogens is 382 g/mol. The number of amides is 1. The molecule has 0 spiro atoms. The number of hydrogen-bond acceptors (Lipinski definition) is 5. The fourth-order valence-electron chi connectivity index (χ4n) is 3.77. The minimum absolute atomic E-state index is 0.122. The molecule has 0 bridgehead atoms. The van der Waals surface area contributed by atoms with E-state index in [1.54, 1.807) is 25.5 Å². The van der Waals surface area contributed by atoms with Gasteiger partial charge in [0, 0.05) is 25.7 Å². The Bertz CT molecular complexity index is 1030. The third-order valence-corrected chi connectivity index (χ3v) is 5.55. The number of methoxy groups -OCH3 is 1. The molecule has 1 saturated heterocycles. The number of nitrogens with zero attached hydrogens (tertiary/aromatic N) is 3. The fraction of sp³-hybridized carbons (Fsp3) is 0.348. The number of carbonyl (C=O) groups is 1. The first-order valence-corrected chi connectivity index (χ1v) is 10.1. The Hall–Kier alpha value is -3.35. The van der Waals surface area contributed by atoms with Gasteiger partial charge in [-0.3, -0.25) is 9.59 Å². The van der Waals surface area contributed by atoms with E-state index in [4.69, 9.17) is 9.15 Å². The summed E-state index contributed by atoms with van der Waals surface area (Å²) in [5.41, 5.74) is 1.50. The lowest BCUT2D eigenvalue weighted by Crippen LogP contribution is -2.41. The molecule has 7 heteroatoms. The highest BCUT2D eigenvalue weighted by molar-refractivity contribution is 5.78. The number of aromatic nitrogens is 2. The maximum Gasteiger partial charge on any atom is 0.266 e. The summed E-state index contributed by atoms with van der Waals surface area (Å²) in [5, 5.41) is 4.45. The van der Waals surface area contributed by atoms with E-state index < -0.39 is 0 Å². The molecular formula is C23H25N3O4. The van der Waals surface area contributed by atoms with Crippen molar-refractivity contribution in [1.82, 2.24) is 14.7 Å². The monoisotopic (exact) mass is 407 g/mol. The van der Waals surface area contributed by atoms with Crippen molar-refractivity contribution in [1.29, 1.82) is 0 Å². The van der Waals surface area contributed by atoms with Crippen LogP contribution >= 0.6 is 0 Å². The quantitative estimate of drug-likeness (QED) is 0.628. The third-order valence-electron chi connectivity index (χ3n) is 5.55. The number of hydrogen-bond donors (Lipinski definition) is 0. The Morgan fingerprint density at radius 2 is 1.90 bits per heavy atom. The van der Waals surface area contributed by atoms with Gasteiger partial charge < -0.3 is 14.1 Å². The molecule has 3 heterocycles. The molecule has 1 aliphatic heterocycles. The van der Waals surface area contributed by atoms with Gasteiger partial charge in [0.2, 0.25) is 5.91 Å². The number of piperidine rings is 1. The van der Waals surface area contributed by atoms with Crippen LogP contribution in [0, 0.1) is 5.92 Å². The van der Waals surface area contributed by atoms with Crippen LogP contribution in [0.5, 0.6) is 5.75 Å². The summed E-state index contributed by atoms with van der Waals surface area (Å²) in [7, 11) is 1.63. The molecule has 4 rings (SSSR count). The first-order valence-electron chi connectivity index (χ1n) is 10.1. The van der Waals surface area contributed by atoms with Gasteiger partial charge in [-0.05, 0) is 54.7 Å². The molecule has 0 radical (unpaired) electrons. The molecule has 7 nitrogen and oxygen atoms in total. The van der Waals surface area contributed by atoms with Gasteiger partial charge in [0.25, 0.3) is 5.56 Å². The van der Waals surface area contributed by atoms with Gasteiger partial charge in [0.1, 0.15) is 11.4 Å². The van der Waals surface area contributed by atoms with Gasteiger partial charge in [-0.25, -0.2) is 4.68 Å². The van der Waals surface area contributed by atoms with Gasteiger partial charge in [-0.2, -0.15) is 5.10 Å². The molecule has 0 unspecified atom stereocenters. The van der Waals surface area contributed by atoms with Crippen LogP contribution in [0.15, 0.2) is 64.0 Å². The first-order chi connectivity index (χ1) is 14.6. The highest BCUT2D eigenvalue weighted by atomic mass is 16.5. The van der Waals surface area contributed by atoms with Crippen LogP contribution in [-0.4, -0.2) is 40.8 Å². The second kappa shape index (κ2) is 8.98. The maximum atomic E-state index is 12.6. The lowest BCUT2D eigenvalue weighted by molar-refractivity contribution is -0.131. The smallest absolute Gasteiger partial charge is 0.266 e. The van der Waals surface area contributed by atoms with Gasteiger partial charge in [0.05, 0.1) is 19.8 Å². The normalized spacial score (nSPS) is 14.6. The fourth-order valence-corrected chi connectivity index (χ4v) is 3.77. The molecule has 1 amide bonds. The van der Waals surface area contributed by atoms with Crippen LogP contribution in [0.1, 0.15) is 18.4 Å². The van der Waals surface area contributed by atoms with Crippen LogP contribution in [0.3, 0.4) is 0 Å². The predicted octanol–water partition coefficient (Wildman–Crippen LogP) is 2.99. The van der Waals surface area contributed by atoms with Crippen molar-refractivity contribution < 1.29 is 13.9 Å². The van der Waals surface area contributed by atoms with Crippen molar-refractivity contribution in [3.63, 3.8) is 0 Å². The number of carbonyl (C=O) groups excluding carboxylic acids is 1. The highest BCUT2D eigenvalue weighted by Gasteiger charge is 2.24. The standard InChI is InChI=1S/C23H25N3O4/c1-29-19-6-4-17(5-7-19)15-23(28)25-12-10-18(11-13-25)16-26-22(27)9-8-20(24-26)21-3-2-14-30-21/h2-9,14,18H,10-13,15-16H2,1H3. The Morgan fingerprint density at radius 3 is 2.57 bits per heavy atom. The second-order valence-corrected chi connectivity index (χ2v) is 7.57. The van der Waals surface area contributed by atoms with E-state index in [1.165, 1.54) is 10.7 Å². The lowest BCUT2D eigenvalue weighted by atomic mass is 9.96. The highest BCUT2D eigenvalue weighted by Crippen LogP contribution is 2.21. The molecule has 1 fully saturated rings. The lowest BCUT2D eigenvalue weighted by Gasteiger charge is -2.32. The Labute approximate surface area is 174 Å². The summed E-state index contributed by atoms with van der Waals surface area (Å²) in [6.07, 6.45) is 3.69. The molecule has 0 saturated carbocycles. The zero-order valence-electron chi connectivity index (χ0n) is 17.0. The molecule has 1 aliphatic rings. The van der Waals surface area contributed by atoms with E-state index in [0.29, 0.717) is 43.4 Å². The largest absolute Gasteiger partial charge is 0.497 e. The van der Waals surface area contributed by atoms with Crippen molar-refractivity contribution in [2.75, 3.05) is 20.2 Å². The number of likely N-dealkylation sites (tertiary alicyclic amines) is 1. The average molecular weight is 407 g/mol. The third kappa shape index (κ3) is 4.62. The summed E-state index contributed by atoms with van der Waals surface area (Å²) in [4.78, 5) is 26.8.